The Morgan fingerprint density at radius 2 is 1.94 bits per heavy atom. The second-order valence-corrected chi connectivity index (χ2v) is 5.46. The largest absolute Gasteiger partial charge is 0.480 e. The monoisotopic (exact) mass is 255 g/mol. The fourth-order valence-corrected chi connectivity index (χ4v) is 2.56. The van der Waals surface area contributed by atoms with Crippen LogP contribution in [0.15, 0.2) is 0 Å². The first-order valence-electron chi connectivity index (χ1n) is 7.06. The lowest BCUT2D eigenvalue weighted by Gasteiger charge is -2.20. The van der Waals surface area contributed by atoms with Crippen molar-refractivity contribution in [1.82, 2.24) is 5.32 Å². The molecule has 4 heteroatoms. The van der Waals surface area contributed by atoms with Crippen LogP contribution in [-0.4, -0.2) is 23.0 Å². The number of hydrogen-bond donors (Lipinski definition) is 2. The normalized spacial score (nSPS) is 19.4. The molecule has 18 heavy (non-hydrogen) atoms. The van der Waals surface area contributed by atoms with Crippen LogP contribution >= 0.6 is 0 Å². The van der Waals surface area contributed by atoms with Gasteiger partial charge in [-0.05, 0) is 18.3 Å². The quantitative estimate of drug-likeness (QED) is 0.734. The van der Waals surface area contributed by atoms with E-state index < -0.39 is 12.0 Å². The van der Waals surface area contributed by atoms with Crippen LogP contribution in [0.3, 0.4) is 0 Å². The molecule has 0 radical (unpaired) electrons. The highest BCUT2D eigenvalue weighted by Gasteiger charge is 2.25. The average molecular weight is 255 g/mol. The summed E-state index contributed by atoms with van der Waals surface area (Å²) in [5, 5.41) is 11.7. The van der Waals surface area contributed by atoms with Crippen molar-refractivity contribution in [3.05, 3.63) is 0 Å². The second kappa shape index (κ2) is 7.39. The summed E-state index contributed by atoms with van der Waals surface area (Å²) in [6, 6.07) is -0.744. The van der Waals surface area contributed by atoms with Crippen LogP contribution in [0, 0.1) is 11.8 Å². The molecule has 1 fully saturated rings. The van der Waals surface area contributed by atoms with Gasteiger partial charge in [-0.2, -0.15) is 0 Å². The van der Waals surface area contributed by atoms with Crippen LogP contribution in [0.25, 0.3) is 0 Å². The number of nitrogens with one attached hydrogen (secondary N) is 1. The number of hydrogen-bond acceptors (Lipinski definition) is 2. The lowest BCUT2D eigenvalue weighted by molar-refractivity contribution is -0.143. The SMILES string of the molecule is CC[C@H](C)[C@H](NC(=O)CCC1CCCC1)C(=O)O. The van der Waals surface area contributed by atoms with E-state index in [1.165, 1.54) is 25.7 Å². The molecule has 2 N–H and O–H groups in total. The van der Waals surface area contributed by atoms with Crippen LogP contribution in [-0.2, 0) is 9.59 Å². The van der Waals surface area contributed by atoms with Gasteiger partial charge in [0.2, 0.25) is 5.91 Å². The molecule has 1 rings (SSSR count). The van der Waals surface area contributed by atoms with Gasteiger partial charge in [-0.1, -0.05) is 46.0 Å². The van der Waals surface area contributed by atoms with Gasteiger partial charge in [0.25, 0.3) is 0 Å². The van der Waals surface area contributed by atoms with Gasteiger partial charge in [-0.25, -0.2) is 4.79 Å². The van der Waals surface area contributed by atoms with Gasteiger partial charge >= 0.3 is 5.97 Å². The third-order valence-corrected chi connectivity index (χ3v) is 4.05. The van der Waals surface area contributed by atoms with Crippen molar-refractivity contribution in [2.24, 2.45) is 11.8 Å². The minimum absolute atomic E-state index is 0.0297. The third kappa shape index (κ3) is 4.67. The second-order valence-electron chi connectivity index (χ2n) is 5.46. The van der Waals surface area contributed by atoms with Crippen molar-refractivity contribution in [1.29, 1.82) is 0 Å². The predicted molar refractivity (Wildman–Crippen MR) is 70.2 cm³/mol. The summed E-state index contributed by atoms with van der Waals surface area (Å²) in [7, 11) is 0. The van der Waals surface area contributed by atoms with E-state index in [0.717, 1.165) is 12.8 Å². The molecule has 0 spiro atoms. The third-order valence-electron chi connectivity index (χ3n) is 4.05. The molecule has 0 aliphatic heterocycles. The molecule has 1 aliphatic rings. The summed E-state index contributed by atoms with van der Waals surface area (Å²) in [6.45, 7) is 3.79. The molecule has 0 aromatic heterocycles. The Kier molecular flexibility index (Phi) is 6.16. The standard InChI is InChI=1S/C14H25NO3/c1-3-10(2)13(14(17)18)15-12(16)9-8-11-6-4-5-7-11/h10-11,13H,3-9H2,1-2H3,(H,15,16)(H,17,18)/t10-,13-/m0/s1. The molecule has 4 nitrogen and oxygen atoms in total. The van der Waals surface area contributed by atoms with Gasteiger partial charge in [0, 0.05) is 6.42 Å². The lowest BCUT2D eigenvalue weighted by Crippen LogP contribution is -2.45. The van der Waals surface area contributed by atoms with Crippen LogP contribution < -0.4 is 5.32 Å². The highest BCUT2D eigenvalue weighted by molar-refractivity contribution is 5.83. The molecule has 0 heterocycles. The zero-order chi connectivity index (χ0) is 13.5. The van der Waals surface area contributed by atoms with E-state index in [9.17, 15) is 9.59 Å². The smallest absolute Gasteiger partial charge is 0.326 e. The molecule has 1 saturated carbocycles. The Bertz CT molecular complexity index is 285. The number of carbonyl (C=O) groups excluding carboxylic acids is 1. The molecule has 0 unspecified atom stereocenters. The summed E-state index contributed by atoms with van der Waals surface area (Å²) < 4.78 is 0. The zero-order valence-electron chi connectivity index (χ0n) is 11.4. The van der Waals surface area contributed by atoms with E-state index in [-0.39, 0.29) is 11.8 Å². The van der Waals surface area contributed by atoms with Crippen LogP contribution in [0.2, 0.25) is 0 Å². The molecule has 0 bridgehead atoms. The number of carbonyl (C=O) groups is 2. The number of aliphatic carboxylic acids is 1. The Morgan fingerprint density at radius 1 is 1.33 bits per heavy atom. The van der Waals surface area contributed by atoms with E-state index in [4.69, 9.17) is 5.11 Å². The van der Waals surface area contributed by atoms with Crippen LogP contribution in [0.4, 0.5) is 0 Å². The Balaban J connectivity index is 2.33. The Hall–Kier alpha value is -1.06. The van der Waals surface area contributed by atoms with E-state index in [1.807, 2.05) is 13.8 Å². The summed E-state index contributed by atoms with van der Waals surface area (Å²) in [5.74, 6) is -0.409. The zero-order valence-corrected chi connectivity index (χ0v) is 11.4. The number of carboxylic acids is 1. The maximum absolute atomic E-state index is 11.8. The highest BCUT2D eigenvalue weighted by Crippen LogP contribution is 2.28. The molecular formula is C14H25NO3. The van der Waals surface area contributed by atoms with E-state index in [1.54, 1.807) is 0 Å². The Labute approximate surface area is 109 Å². The summed E-state index contributed by atoms with van der Waals surface area (Å²) in [5.41, 5.74) is 0. The number of rotatable bonds is 7. The average Bonchev–Trinajstić information content (AvgIpc) is 2.85. The van der Waals surface area contributed by atoms with Gasteiger partial charge in [-0.3, -0.25) is 4.79 Å². The maximum Gasteiger partial charge on any atom is 0.326 e. The molecule has 1 amide bonds. The van der Waals surface area contributed by atoms with Crippen LogP contribution in [0.1, 0.15) is 58.8 Å². The first-order chi connectivity index (χ1) is 8.54. The summed E-state index contributed by atoms with van der Waals surface area (Å²) >= 11 is 0. The maximum atomic E-state index is 11.8. The summed E-state index contributed by atoms with van der Waals surface area (Å²) in [4.78, 5) is 22.8. The fraction of sp³-hybridized carbons (Fsp3) is 0.857. The highest BCUT2D eigenvalue weighted by atomic mass is 16.4. The first kappa shape index (κ1) is 15.0. The first-order valence-corrected chi connectivity index (χ1v) is 7.06. The van der Waals surface area contributed by atoms with Crippen molar-refractivity contribution >= 4 is 11.9 Å². The van der Waals surface area contributed by atoms with Crippen LogP contribution in [0.5, 0.6) is 0 Å². The van der Waals surface area contributed by atoms with Crippen molar-refractivity contribution in [2.45, 2.75) is 64.8 Å². The van der Waals surface area contributed by atoms with Crippen molar-refractivity contribution < 1.29 is 14.7 Å². The van der Waals surface area contributed by atoms with Crippen molar-refractivity contribution in [3.8, 4) is 0 Å². The van der Waals surface area contributed by atoms with Gasteiger partial charge < -0.3 is 10.4 Å². The minimum Gasteiger partial charge on any atom is -0.480 e. The summed E-state index contributed by atoms with van der Waals surface area (Å²) in [6.07, 6.45) is 7.11. The molecule has 0 saturated heterocycles. The van der Waals surface area contributed by atoms with Gasteiger partial charge in [-0.15, -0.1) is 0 Å². The van der Waals surface area contributed by atoms with Gasteiger partial charge in [0.15, 0.2) is 0 Å². The van der Waals surface area contributed by atoms with E-state index in [2.05, 4.69) is 5.32 Å². The predicted octanol–water partition coefficient (Wildman–Crippen LogP) is 2.57. The van der Waals surface area contributed by atoms with Gasteiger partial charge in [0.1, 0.15) is 6.04 Å². The van der Waals surface area contributed by atoms with E-state index >= 15 is 0 Å². The molecule has 104 valence electrons. The molecule has 0 aromatic carbocycles. The number of carboxylic acid groups (broad SMARTS) is 1. The lowest BCUT2D eigenvalue weighted by atomic mass is 9.98. The molecular weight excluding hydrogens is 230 g/mol. The van der Waals surface area contributed by atoms with E-state index in [0.29, 0.717) is 12.3 Å². The molecule has 0 aromatic rings. The van der Waals surface area contributed by atoms with Crippen molar-refractivity contribution in [3.63, 3.8) is 0 Å². The number of amides is 1. The topological polar surface area (TPSA) is 66.4 Å². The minimum atomic E-state index is -0.932. The van der Waals surface area contributed by atoms with Crippen molar-refractivity contribution in [2.75, 3.05) is 0 Å². The molecule has 1 aliphatic carbocycles. The Morgan fingerprint density at radius 3 is 2.44 bits per heavy atom. The fourth-order valence-electron chi connectivity index (χ4n) is 2.56. The molecule has 2 atom stereocenters. The van der Waals surface area contributed by atoms with Gasteiger partial charge in [0.05, 0.1) is 0 Å².